The first-order valence-corrected chi connectivity index (χ1v) is 5.50. The van der Waals surface area contributed by atoms with E-state index in [1.54, 1.807) is 4.68 Å². The van der Waals surface area contributed by atoms with E-state index in [4.69, 9.17) is 4.74 Å². The molecule has 5 heteroatoms. The van der Waals surface area contributed by atoms with Crippen LogP contribution in [0.15, 0.2) is 12.4 Å². The molecule has 1 fully saturated rings. The second-order valence-electron chi connectivity index (χ2n) is 4.14. The quantitative estimate of drug-likeness (QED) is 0.685. The molecular weight excluding hydrogens is 206 g/mol. The summed E-state index contributed by atoms with van der Waals surface area (Å²) in [4.78, 5) is 13.5. The highest BCUT2D eigenvalue weighted by atomic mass is 16.5. The first-order valence-electron chi connectivity index (χ1n) is 5.50. The lowest BCUT2D eigenvalue weighted by atomic mass is 10.0. The van der Waals surface area contributed by atoms with Crippen molar-refractivity contribution in [3.05, 3.63) is 18.0 Å². The number of carbonyl (C=O) groups excluding carboxylic acids is 1. The number of methoxy groups -OCH3 is 1. The first-order chi connectivity index (χ1) is 7.70. The second-order valence-corrected chi connectivity index (χ2v) is 4.14. The molecule has 0 radical (unpaired) electrons. The molecule has 88 valence electrons. The fourth-order valence-corrected chi connectivity index (χ4v) is 1.99. The maximum absolute atomic E-state index is 11.3. The van der Waals surface area contributed by atoms with E-state index in [0.717, 1.165) is 25.9 Å². The van der Waals surface area contributed by atoms with Crippen molar-refractivity contribution in [2.75, 3.05) is 20.2 Å². The standard InChI is InChI=1S/C11H17N3O2/c1-13-8-9(7-12-13)3-5-14-6-4-10(14)11(15)16-2/h7-8,10H,3-6H2,1-2H3. The number of ether oxygens (including phenoxy) is 1. The van der Waals surface area contributed by atoms with Crippen LogP contribution in [0.4, 0.5) is 0 Å². The highest BCUT2D eigenvalue weighted by molar-refractivity contribution is 5.76. The molecule has 0 N–H and O–H groups in total. The van der Waals surface area contributed by atoms with E-state index in [1.807, 2.05) is 19.4 Å². The van der Waals surface area contributed by atoms with Gasteiger partial charge in [-0.25, -0.2) is 0 Å². The molecule has 1 aromatic rings. The maximum Gasteiger partial charge on any atom is 0.323 e. The SMILES string of the molecule is COC(=O)C1CCN1CCc1cnn(C)c1. The number of carbonyl (C=O) groups is 1. The molecule has 0 aliphatic carbocycles. The number of likely N-dealkylation sites (tertiary alicyclic amines) is 1. The number of hydrogen-bond acceptors (Lipinski definition) is 4. The van der Waals surface area contributed by atoms with E-state index in [9.17, 15) is 4.79 Å². The van der Waals surface area contributed by atoms with E-state index in [0.29, 0.717) is 0 Å². The van der Waals surface area contributed by atoms with Crippen LogP contribution in [-0.4, -0.2) is 46.9 Å². The molecule has 1 saturated heterocycles. The summed E-state index contributed by atoms with van der Waals surface area (Å²) >= 11 is 0. The van der Waals surface area contributed by atoms with Gasteiger partial charge in [0.25, 0.3) is 0 Å². The fraction of sp³-hybridized carbons (Fsp3) is 0.636. The van der Waals surface area contributed by atoms with Gasteiger partial charge >= 0.3 is 5.97 Å². The Kier molecular flexibility index (Phi) is 3.24. The van der Waals surface area contributed by atoms with Crippen molar-refractivity contribution in [3.8, 4) is 0 Å². The monoisotopic (exact) mass is 223 g/mol. The smallest absolute Gasteiger partial charge is 0.323 e. The van der Waals surface area contributed by atoms with Gasteiger partial charge in [0.15, 0.2) is 0 Å². The van der Waals surface area contributed by atoms with E-state index in [2.05, 4.69) is 10.00 Å². The van der Waals surface area contributed by atoms with Crippen molar-refractivity contribution in [2.45, 2.75) is 18.9 Å². The van der Waals surface area contributed by atoms with Crippen molar-refractivity contribution >= 4 is 5.97 Å². The predicted molar refractivity (Wildman–Crippen MR) is 58.9 cm³/mol. The molecule has 1 aliphatic rings. The third kappa shape index (κ3) is 2.24. The number of rotatable bonds is 4. The van der Waals surface area contributed by atoms with Crippen molar-refractivity contribution < 1.29 is 9.53 Å². The minimum absolute atomic E-state index is 0.0262. The molecule has 1 unspecified atom stereocenters. The summed E-state index contributed by atoms with van der Waals surface area (Å²) in [5, 5.41) is 4.12. The highest BCUT2D eigenvalue weighted by Gasteiger charge is 2.34. The molecule has 0 saturated carbocycles. The van der Waals surface area contributed by atoms with E-state index >= 15 is 0 Å². The summed E-state index contributed by atoms with van der Waals surface area (Å²) in [6, 6.07) is -0.0262. The molecule has 0 amide bonds. The van der Waals surface area contributed by atoms with Gasteiger partial charge in [0.1, 0.15) is 6.04 Å². The normalized spacial score (nSPS) is 20.5. The number of aryl methyl sites for hydroxylation is 1. The molecule has 0 spiro atoms. The Morgan fingerprint density at radius 3 is 3.00 bits per heavy atom. The first kappa shape index (κ1) is 11.1. The lowest BCUT2D eigenvalue weighted by Gasteiger charge is -2.38. The minimum atomic E-state index is -0.113. The van der Waals surface area contributed by atoms with Crippen LogP contribution < -0.4 is 0 Å². The maximum atomic E-state index is 11.3. The molecule has 0 bridgehead atoms. The van der Waals surface area contributed by atoms with E-state index in [-0.39, 0.29) is 12.0 Å². The van der Waals surface area contributed by atoms with Crippen LogP contribution in [0.2, 0.25) is 0 Å². The van der Waals surface area contributed by atoms with E-state index < -0.39 is 0 Å². The van der Waals surface area contributed by atoms with Crippen LogP contribution in [0.1, 0.15) is 12.0 Å². The Balaban J connectivity index is 1.80. The minimum Gasteiger partial charge on any atom is -0.468 e. The lowest BCUT2D eigenvalue weighted by molar-refractivity contribution is -0.151. The van der Waals surface area contributed by atoms with Gasteiger partial charge in [0.05, 0.1) is 13.3 Å². The Bertz CT molecular complexity index is 375. The zero-order chi connectivity index (χ0) is 11.5. The largest absolute Gasteiger partial charge is 0.468 e. The van der Waals surface area contributed by atoms with Gasteiger partial charge in [-0.15, -0.1) is 0 Å². The predicted octanol–water partition coefficient (Wildman–Crippen LogP) is 0.210. The Morgan fingerprint density at radius 2 is 2.50 bits per heavy atom. The van der Waals surface area contributed by atoms with Crippen LogP contribution in [0.25, 0.3) is 0 Å². The summed E-state index contributed by atoms with van der Waals surface area (Å²) in [5.74, 6) is -0.113. The molecule has 1 aliphatic heterocycles. The zero-order valence-electron chi connectivity index (χ0n) is 9.72. The lowest BCUT2D eigenvalue weighted by Crippen LogP contribution is -2.53. The van der Waals surface area contributed by atoms with Gasteiger partial charge in [0.2, 0.25) is 0 Å². The topological polar surface area (TPSA) is 47.4 Å². The van der Waals surface area contributed by atoms with Crippen LogP contribution in [0, 0.1) is 0 Å². The molecule has 16 heavy (non-hydrogen) atoms. The number of aromatic nitrogens is 2. The molecule has 5 nitrogen and oxygen atoms in total. The van der Waals surface area contributed by atoms with Crippen molar-refractivity contribution in [2.24, 2.45) is 7.05 Å². The number of esters is 1. The number of nitrogens with zero attached hydrogens (tertiary/aromatic N) is 3. The average molecular weight is 223 g/mol. The van der Waals surface area contributed by atoms with Gasteiger partial charge < -0.3 is 4.74 Å². The average Bonchev–Trinajstić information content (AvgIpc) is 2.62. The summed E-state index contributed by atoms with van der Waals surface area (Å²) in [6.45, 7) is 1.88. The highest BCUT2D eigenvalue weighted by Crippen LogP contribution is 2.18. The van der Waals surface area contributed by atoms with Gasteiger partial charge in [-0.1, -0.05) is 0 Å². The summed E-state index contributed by atoms with van der Waals surface area (Å²) < 4.78 is 6.54. The molecule has 2 heterocycles. The summed E-state index contributed by atoms with van der Waals surface area (Å²) in [6.07, 6.45) is 5.72. The van der Waals surface area contributed by atoms with Gasteiger partial charge in [0, 0.05) is 26.3 Å². The van der Waals surface area contributed by atoms with Crippen LogP contribution in [-0.2, 0) is 23.0 Å². The summed E-state index contributed by atoms with van der Waals surface area (Å²) in [7, 11) is 3.35. The van der Waals surface area contributed by atoms with Gasteiger partial charge in [-0.05, 0) is 18.4 Å². The van der Waals surface area contributed by atoms with Crippen LogP contribution in [0.5, 0.6) is 0 Å². The van der Waals surface area contributed by atoms with Crippen LogP contribution in [0.3, 0.4) is 0 Å². The number of hydrogen-bond donors (Lipinski definition) is 0. The van der Waals surface area contributed by atoms with Crippen molar-refractivity contribution in [3.63, 3.8) is 0 Å². The molecule has 1 aromatic heterocycles. The Morgan fingerprint density at radius 1 is 1.69 bits per heavy atom. The van der Waals surface area contributed by atoms with Crippen molar-refractivity contribution in [1.82, 2.24) is 14.7 Å². The van der Waals surface area contributed by atoms with Crippen LogP contribution >= 0.6 is 0 Å². The molecule has 2 rings (SSSR count). The fourth-order valence-electron chi connectivity index (χ4n) is 1.99. The zero-order valence-corrected chi connectivity index (χ0v) is 9.72. The molecule has 1 atom stereocenters. The molecule has 0 aromatic carbocycles. The van der Waals surface area contributed by atoms with E-state index in [1.165, 1.54) is 12.7 Å². The molecular formula is C11H17N3O2. The Hall–Kier alpha value is -1.36. The summed E-state index contributed by atoms with van der Waals surface area (Å²) in [5.41, 5.74) is 1.21. The third-order valence-corrected chi connectivity index (χ3v) is 3.05. The third-order valence-electron chi connectivity index (χ3n) is 3.05. The Labute approximate surface area is 95.0 Å². The van der Waals surface area contributed by atoms with Crippen molar-refractivity contribution in [1.29, 1.82) is 0 Å². The second kappa shape index (κ2) is 4.65. The van der Waals surface area contributed by atoms with Gasteiger partial charge in [-0.2, -0.15) is 5.10 Å². The van der Waals surface area contributed by atoms with Gasteiger partial charge in [-0.3, -0.25) is 14.4 Å².